The van der Waals surface area contributed by atoms with E-state index in [-0.39, 0.29) is 0 Å². The number of aliphatic carboxylic acids is 1. The molecular weight excluding hydrogens is 348 g/mol. The summed E-state index contributed by atoms with van der Waals surface area (Å²) in [7, 11) is 0. The molecule has 1 aromatic carbocycles. The van der Waals surface area contributed by atoms with Crippen LogP contribution in [-0.2, 0) is 4.79 Å². The molecule has 0 spiro atoms. The number of anilines is 1. The number of carbonyl (C=O) groups excluding carboxylic acids is 1. The normalized spacial score (nSPS) is 12.7. The topological polar surface area (TPSA) is 78.4 Å². The van der Waals surface area contributed by atoms with Crippen LogP contribution in [0.2, 0.25) is 5.02 Å². The second-order valence-electron chi connectivity index (χ2n) is 5.36. The SMILES string of the molecule is CC(C)(C)[C@@H](NC(=O)Nc1cc(Br)ccc1Cl)C(=O)O. The van der Waals surface area contributed by atoms with E-state index < -0.39 is 23.5 Å². The standard InChI is InChI=1S/C13H16BrClN2O3/c1-13(2,3)10(11(18)19)17-12(20)16-9-6-7(14)4-5-8(9)15/h4-6,10H,1-3H3,(H,18,19)(H2,16,17,20)/t10-/m0/s1. The van der Waals surface area contributed by atoms with E-state index in [9.17, 15) is 9.59 Å². The van der Waals surface area contributed by atoms with Crippen molar-refractivity contribution in [3.63, 3.8) is 0 Å². The Morgan fingerprint density at radius 1 is 1.35 bits per heavy atom. The molecule has 0 saturated heterocycles. The van der Waals surface area contributed by atoms with Crippen LogP contribution in [0.1, 0.15) is 20.8 Å². The van der Waals surface area contributed by atoms with Crippen molar-refractivity contribution in [2.24, 2.45) is 5.41 Å². The van der Waals surface area contributed by atoms with Gasteiger partial charge in [0.05, 0.1) is 10.7 Å². The maximum atomic E-state index is 11.9. The number of amides is 2. The fraction of sp³-hybridized carbons (Fsp3) is 0.385. The van der Waals surface area contributed by atoms with Gasteiger partial charge in [-0.3, -0.25) is 0 Å². The number of rotatable bonds is 3. The van der Waals surface area contributed by atoms with Gasteiger partial charge < -0.3 is 15.7 Å². The van der Waals surface area contributed by atoms with Crippen molar-refractivity contribution < 1.29 is 14.7 Å². The Morgan fingerprint density at radius 3 is 2.45 bits per heavy atom. The molecule has 1 rings (SSSR count). The lowest BCUT2D eigenvalue weighted by Gasteiger charge is -2.27. The molecule has 0 fully saturated rings. The maximum absolute atomic E-state index is 11.9. The van der Waals surface area contributed by atoms with E-state index in [0.29, 0.717) is 10.7 Å². The lowest BCUT2D eigenvalue weighted by Crippen LogP contribution is -2.50. The predicted octanol–water partition coefficient (Wildman–Crippen LogP) is 3.72. The van der Waals surface area contributed by atoms with Gasteiger partial charge in [0.2, 0.25) is 0 Å². The summed E-state index contributed by atoms with van der Waals surface area (Å²) >= 11 is 9.22. The minimum Gasteiger partial charge on any atom is -0.480 e. The smallest absolute Gasteiger partial charge is 0.326 e. The van der Waals surface area contributed by atoms with Crippen LogP contribution in [0.3, 0.4) is 0 Å². The van der Waals surface area contributed by atoms with E-state index in [0.717, 1.165) is 4.47 Å². The molecule has 1 atom stereocenters. The van der Waals surface area contributed by atoms with Gasteiger partial charge in [-0.1, -0.05) is 48.3 Å². The van der Waals surface area contributed by atoms with Crippen molar-refractivity contribution in [1.82, 2.24) is 5.32 Å². The molecule has 0 aromatic heterocycles. The zero-order chi connectivity index (χ0) is 15.5. The monoisotopic (exact) mass is 362 g/mol. The van der Waals surface area contributed by atoms with Gasteiger partial charge >= 0.3 is 12.0 Å². The van der Waals surface area contributed by atoms with Crippen LogP contribution in [-0.4, -0.2) is 23.1 Å². The first kappa shape index (κ1) is 16.8. The molecular formula is C13H16BrClN2O3. The number of hydrogen-bond donors (Lipinski definition) is 3. The van der Waals surface area contributed by atoms with E-state index >= 15 is 0 Å². The average Bonchev–Trinajstić information content (AvgIpc) is 2.29. The molecule has 5 nitrogen and oxygen atoms in total. The number of hydrogen-bond acceptors (Lipinski definition) is 2. The van der Waals surface area contributed by atoms with Crippen molar-refractivity contribution in [2.75, 3.05) is 5.32 Å². The zero-order valence-corrected chi connectivity index (χ0v) is 13.7. The summed E-state index contributed by atoms with van der Waals surface area (Å²) in [5.74, 6) is -1.09. The Kier molecular flexibility index (Phi) is 5.42. The van der Waals surface area contributed by atoms with Crippen LogP contribution in [0.25, 0.3) is 0 Å². The molecule has 0 aliphatic rings. The zero-order valence-electron chi connectivity index (χ0n) is 11.3. The highest BCUT2D eigenvalue weighted by Crippen LogP contribution is 2.26. The molecule has 20 heavy (non-hydrogen) atoms. The Bertz CT molecular complexity index is 529. The number of carboxylic acids is 1. The summed E-state index contributed by atoms with van der Waals surface area (Å²) in [6.45, 7) is 5.20. The van der Waals surface area contributed by atoms with Gasteiger partial charge in [0.1, 0.15) is 6.04 Å². The number of carbonyl (C=O) groups is 2. The van der Waals surface area contributed by atoms with Crippen molar-refractivity contribution in [1.29, 1.82) is 0 Å². The van der Waals surface area contributed by atoms with Crippen LogP contribution >= 0.6 is 27.5 Å². The molecule has 7 heteroatoms. The van der Waals surface area contributed by atoms with E-state index in [1.165, 1.54) is 0 Å². The molecule has 2 amide bonds. The molecule has 0 aliphatic heterocycles. The maximum Gasteiger partial charge on any atom is 0.326 e. The molecule has 0 bridgehead atoms. The van der Waals surface area contributed by atoms with Gasteiger partial charge in [0.25, 0.3) is 0 Å². The summed E-state index contributed by atoms with van der Waals surface area (Å²) < 4.78 is 0.753. The highest BCUT2D eigenvalue weighted by molar-refractivity contribution is 9.10. The number of carboxylic acid groups (broad SMARTS) is 1. The first-order valence-corrected chi connectivity index (χ1v) is 7.03. The minimum absolute atomic E-state index is 0.367. The molecule has 0 unspecified atom stereocenters. The number of urea groups is 1. The van der Waals surface area contributed by atoms with Crippen LogP contribution in [0.5, 0.6) is 0 Å². The Morgan fingerprint density at radius 2 is 1.95 bits per heavy atom. The highest BCUT2D eigenvalue weighted by Gasteiger charge is 2.32. The van der Waals surface area contributed by atoms with E-state index in [1.807, 2.05) is 0 Å². The van der Waals surface area contributed by atoms with Crippen molar-refractivity contribution >= 4 is 45.2 Å². The van der Waals surface area contributed by atoms with E-state index in [1.54, 1.807) is 39.0 Å². The molecule has 0 heterocycles. The third-order valence-corrected chi connectivity index (χ3v) is 3.39. The first-order valence-electron chi connectivity index (χ1n) is 5.86. The summed E-state index contributed by atoms with van der Waals surface area (Å²) in [5.41, 5.74) is -0.207. The third-order valence-electron chi connectivity index (χ3n) is 2.57. The van der Waals surface area contributed by atoms with Crippen molar-refractivity contribution in [2.45, 2.75) is 26.8 Å². The molecule has 1 aromatic rings. The molecule has 0 radical (unpaired) electrons. The number of halogens is 2. The highest BCUT2D eigenvalue weighted by atomic mass is 79.9. The molecule has 3 N–H and O–H groups in total. The molecule has 110 valence electrons. The summed E-state index contributed by atoms with van der Waals surface area (Å²) in [6, 6.07) is 3.37. The predicted molar refractivity (Wildman–Crippen MR) is 82.2 cm³/mol. The summed E-state index contributed by atoms with van der Waals surface area (Å²) in [5, 5.41) is 14.5. The van der Waals surface area contributed by atoms with Gasteiger partial charge in [-0.2, -0.15) is 0 Å². The second kappa shape index (κ2) is 6.45. The average molecular weight is 364 g/mol. The summed E-state index contributed by atoms with van der Waals surface area (Å²) in [6.07, 6.45) is 0. The second-order valence-corrected chi connectivity index (χ2v) is 6.68. The van der Waals surface area contributed by atoms with Crippen molar-refractivity contribution in [3.05, 3.63) is 27.7 Å². The lowest BCUT2D eigenvalue weighted by atomic mass is 9.87. The largest absolute Gasteiger partial charge is 0.480 e. The van der Waals surface area contributed by atoms with Crippen LogP contribution in [0.15, 0.2) is 22.7 Å². The first-order chi connectivity index (χ1) is 9.11. The van der Waals surface area contributed by atoms with Crippen LogP contribution in [0.4, 0.5) is 10.5 Å². The minimum atomic E-state index is -1.09. The Balaban J connectivity index is 2.81. The van der Waals surface area contributed by atoms with Crippen molar-refractivity contribution in [3.8, 4) is 0 Å². The molecule has 0 aliphatic carbocycles. The Labute approximate surface area is 130 Å². The van der Waals surface area contributed by atoms with Gasteiger partial charge in [-0.05, 0) is 23.6 Å². The summed E-state index contributed by atoms with van der Waals surface area (Å²) in [4.78, 5) is 23.1. The lowest BCUT2D eigenvalue weighted by molar-refractivity contribution is -0.141. The van der Waals surface area contributed by atoms with Gasteiger partial charge in [0.15, 0.2) is 0 Å². The van der Waals surface area contributed by atoms with E-state index in [2.05, 4.69) is 26.6 Å². The van der Waals surface area contributed by atoms with Gasteiger partial charge in [-0.15, -0.1) is 0 Å². The molecule has 0 saturated carbocycles. The fourth-order valence-electron chi connectivity index (χ4n) is 1.53. The van der Waals surface area contributed by atoms with Gasteiger partial charge in [-0.25, -0.2) is 9.59 Å². The van der Waals surface area contributed by atoms with Gasteiger partial charge in [0, 0.05) is 4.47 Å². The van der Waals surface area contributed by atoms with E-state index in [4.69, 9.17) is 16.7 Å². The van der Waals surface area contributed by atoms with Crippen LogP contribution < -0.4 is 10.6 Å². The quantitative estimate of drug-likeness (QED) is 0.766. The third kappa shape index (κ3) is 4.68. The number of nitrogens with one attached hydrogen (secondary N) is 2. The number of benzene rings is 1. The fourth-order valence-corrected chi connectivity index (χ4v) is 2.06. The van der Waals surface area contributed by atoms with Crippen LogP contribution in [0, 0.1) is 5.41 Å². The Hall–Kier alpha value is -1.27.